The fourth-order valence-electron chi connectivity index (χ4n) is 2.87. The third-order valence-corrected chi connectivity index (χ3v) is 4.77. The molecule has 7 heteroatoms. The molecule has 1 aromatic carbocycles. The first-order valence-corrected chi connectivity index (χ1v) is 10.0. The fraction of sp³-hybridized carbons (Fsp3) is 0.409. The van der Waals surface area contributed by atoms with Crippen LogP contribution in [0.4, 0.5) is 0 Å². The second kappa shape index (κ2) is 10.5. The van der Waals surface area contributed by atoms with Crippen molar-refractivity contribution < 1.29 is 9.53 Å². The molecule has 2 aromatic rings. The van der Waals surface area contributed by atoms with Crippen LogP contribution in [0.5, 0.6) is 5.88 Å². The lowest BCUT2D eigenvalue weighted by Gasteiger charge is -2.13. The molecule has 1 aromatic heterocycles. The van der Waals surface area contributed by atoms with Crippen LogP contribution in [0.15, 0.2) is 47.6 Å². The van der Waals surface area contributed by atoms with Crippen molar-refractivity contribution in [2.45, 2.75) is 25.8 Å². The molecule has 1 saturated carbocycles. The van der Waals surface area contributed by atoms with Crippen molar-refractivity contribution in [1.29, 1.82) is 0 Å². The third-order valence-electron chi connectivity index (χ3n) is 4.77. The number of ether oxygens (including phenoxy) is 1. The van der Waals surface area contributed by atoms with Gasteiger partial charge in [-0.15, -0.1) is 0 Å². The summed E-state index contributed by atoms with van der Waals surface area (Å²) in [7, 11) is 3.38. The van der Waals surface area contributed by atoms with Gasteiger partial charge in [-0.1, -0.05) is 12.1 Å². The number of carbonyl (C=O) groups excluding carboxylic acids is 1. The molecule has 3 rings (SSSR count). The maximum absolute atomic E-state index is 11.7. The minimum Gasteiger partial charge on any atom is -0.477 e. The predicted octanol–water partition coefficient (Wildman–Crippen LogP) is 2.14. The summed E-state index contributed by atoms with van der Waals surface area (Å²) in [6.07, 6.45) is 5.09. The van der Waals surface area contributed by atoms with E-state index in [1.807, 2.05) is 36.4 Å². The van der Waals surface area contributed by atoms with E-state index in [4.69, 9.17) is 4.74 Å². The average Bonchev–Trinajstić information content (AvgIpc) is 3.59. The van der Waals surface area contributed by atoms with Gasteiger partial charge in [0.05, 0.1) is 6.61 Å². The lowest BCUT2D eigenvalue weighted by molar-refractivity contribution is 0.0963. The summed E-state index contributed by atoms with van der Waals surface area (Å²) in [5, 5.41) is 9.26. The molecule has 1 aliphatic rings. The molecule has 3 N–H and O–H groups in total. The molecule has 0 bridgehead atoms. The number of carbonyl (C=O) groups is 1. The van der Waals surface area contributed by atoms with E-state index in [1.165, 1.54) is 12.8 Å². The maximum atomic E-state index is 11.7. The number of hydrogen-bond acceptors (Lipinski definition) is 4. The molecule has 154 valence electrons. The van der Waals surface area contributed by atoms with Crippen molar-refractivity contribution in [3.8, 4) is 5.88 Å². The number of aromatic nitrogens is 1. The number of nitrogens with one attached hydrogen (secondary N) is 3. The van der Waals surface area contributed by atoms with E-state index in [0.29, 0.717) is 30.5 Å². The van der Waals surface area contributed by atoms with E-state index in [-0.39, 0.29) is 5.91 Å². The molecule has 0 unspecified atom stereocenters. The van der Waals surface area contributed by atoms with Crippen LogP contribution in [0, 0.1) is 5.92 Å². The topological polar surface area (TPSA) is 87.6 Å². The van der Waals surface area contributed by atoms with Gasteiger partial charge in [-0.3, -0.25) is 9.79 Å². The van der Waals surface area contributed by atoms with Crippen LogP contribution in [0.25, 0.3) is 0 Å². The van der Waals surface area contributed by atoms with Crippen molar-refractivity contribution in [1.82, 2.24) is 20.9 Å². The quantitative estimate of drug-likeness (QED) is 0.447. The van der Waals surface area contributed by atoms with E-state index in [1.54, 1.807) is 20.3 Å². The Morgan fingerprint density at radius 3 is 2.83 bits per heavy atom. The number of pyridine rings is 1. The standard InChI is InChI=1S/C22H29N5O2/c1-23-21(28)19-5-3-4-16(12-19)8-11-26-22(24-2)27-14-18-9-10-25-20(13-18)29-15-17-6-7-17/h3-5,9-10,12-13,17H,6-8,11,14-15H2,1-2H3,(H,23,28)(H2,24,26,27). The van der Waals surface area contributed by atoms with Crippen molar-refractivity contribution in [2.75, 3.05) is 27.2 Å². The predicted molar refractivity (Wildman–Crippen MR) is 114 cm³/mol. The summed E-state index contributed by atoms with van der Waals surface area (Å²) in [5.74, 6) is 2.04. The number of rotatable bonds is 9. The third kappa shape index (κ3) is 6.78. The van der Waals surface area contributed by atoms with Crippen LogP contribution < -0.4 is 20.7 Å². The minimum absolute atomic E-state index is 0.0740. The van der Waals surface area contributed by atoms with Crippen LogP contribution >= 0.6 is 0 Å². The summed E-state index contributed by atoms with van der Waals surface area (Å²) >= 11 is 0. The highest BCUT2D eigenvalue weighted by Gasteiger charge is 2.22. The number of benzene rings is 1. The molecule has 29 heavy (non-hydrogen) atoms. The highest BCUT2D eigenvalue weighted by Crippen LogP contribution is 2.29. The first kappa shape index (κ1) is 20.6. The number of nitrogens with zero attached hydrogens (tertiary/aromatic N) is 2. The second-order valence-electron chi connectivity index (χ2n) is 7.14. The van der Waals surface area contributed by atoms with Crippen LogP contribution in [0.3, 0.4) is 0 Å². The van der Waals surface area contributed by atoms with Gasteiger partial charge >= 0.3 is 0 Å². The molecule has 0 radical (unpaired) electrons. The largest absolute Gasteiger partial charge is 0.477 e. The highest BCUT2D eigenvalue weighted by atomic mass is 16.5. The van der Waals surface area contributed by atoms with Gasteiger partial charge in [-0.25, -0.2) is 4.98 Å². The Morgan fingerprint density at radius 1 is 1.21 bits per heavy atom. The van der Waals surface area contributed by atoms with Gasteiger partial charge in [-0.2, -0.15) is 0 Å². The summed E-state index contributed by atoms with van der Waals surface area (Å²) < 4.78 is 5.74. The molecular formula is C22H29N5O2. The van der Waals surface area contributed by atoms with Crippen LogP contribution in [-0.4, -0.2) is 44.1 Å². The Kier molecular flexibility index (Phi) is 7.44. The molecule has 1 amide bonds. The Morgan fingerprint density at radius 2 is 2.07 bits per heavy atom. The van der Waals surface area contributed by atoms with Gasteiger partial charge in [0.25, 0.3) is 5.91 Å². The molecule has 1 fully saturated rings. The number of hydrogen-bond donors (Lipinski definition) is 3. The Bertz CT molecular complexity index is 849. The second-order valence-corrected chi connectivity index (χ2v) is 7.14. The minimum atomic E-state index is -0.0740. The smallest absolute Gasteiger partial charge is 0.251 e. The van der Waals surface area contributed by atoms with Crippen molar-refractivity contribution >= 4 is 11.9 Å². The van der Waals surface area contributed by atoms with E-state index in [2.05, 4.69) is 25.9 Å². The first-order chi connectivity index (χ1) is 14.2. The first-order valence-electron chi connectivity index (χ1n) is 10.0. The molecule has 1 heterocycles. The molecule has 0 aliphatic heterocycles. The average molecular weight is 396 g/mol. The molecule has 7 nitrogen and oxygen atoms in total. The zero-order valence-corrected chi connectivity index (χ0v) is 17.1. The highest BCUT2D eigenvalue weighted by molar-refractivity contribution is 5.94. The molecule has 0 spiro atoms. The molecule has 0 atom stereocenters. The van der Waals surface area contributed by atoms with E-state index < -0.39 is 0 Å². The van der Waals surface area contributed by atoms with Gasteiger partial charge in [0, 0.05) is 45.0 Å². The lowest BCUT2D eigenvalue weighted by atomic mass is 10.1. The zero-order chi connectivity index (χ0) is 20.5. The van der Waals surface area contributed by atoms with Crippen LogP contribution in [0.2, 0.25) is 0 Å². The number of amides is 1. The Labute approximate surface area is 172 Å². The van der Waals surface area contributed by atoms with E-state index in [0.717, 1.165) is 30.1 Å². The van der Waals surface area contributed by atoms with Gasteiger partial charge in [0.2, 0.25) is 5.88 Å². The van der Waals surface area contributed by atoms with Crippen molar-refractivity contribution in [3.05, 3.63) is 59.3 Å². The SMILES string of the molecule is CN=C(NCCc1cccc(C(=O)NC)c1)NCc1ccnc(OCC2CC2)c1. The van der Waals surface area contributed by atoms with Crippen LogP contribution in [0.1, 0.15) is 34.3 Å². The van der Waals surface area contributed by atoms with Crippen molar-refractivity contribution in [3.63, 3.8) is 0 Å². The van der Waals surface area contributed by atoms with Gasteiger partial charge in [0.1, 0.15) is 0 Å². The molecule has 0 saturated heterocycles. The Hall–Kier alpha value is -3.09. The molecule has 1 aliphatic carbocycles. The van der Waals surface area contributed by atoms with E-state index in [9.17, 15) is 4.79 Å². The lowest BCUT2D eigenvalue weighted by Crippen LogP contribution is -2.37. The van der Waals surface area contributed by atoms with Gasteiger partial charge in [-0.05, 0) is 54.5 Å². The fourth-order valence-corrected chi connectivity index (χ4v) is 2.87. The monoisotopic (exact) mass is 395 g/mol. The Balaban J connectivity index is 1.44. The summed E-state index contributed by atoms with van der Waals surface area (Å²) in [6, 6.07) is 11.6. The normalized spacial score (nSPS) is 13.7. The number of aliphatic imine (C=N–C) groups is 1. The van der Waals surface area contributed by atoms with Crippen LogP contribution in [-0.2, 0) is 13.0 Å². The molecular weight excluding hydrogens is 366 g/mol. The van der Waals surface area contributed by atoms with Gasteiger partial charge < -0.3 is 20.7 Å². The van der Waals surface area contributed by atoms with Gasteiger partial charge in [0.15, 0.2) is 5.96 Å². The van der Waals surface area contributed by atoms with Crippen molar-refractivity contribution in [2.24, 2.45) is 10.9 Å². The summed E-state index contributed by atoms with van der Waals surface area (Å²) in [5.41, 5.74) is 2.86. The zero-order valence-electron chi connectivity index (χ0n) is 17.1. The van der Waals surface area contributed by atoms with E-state index >= 15 is 0 Å². The summed E-state index contributed by atoms with van der Waals surface area (Å²) in [6.45, 7) is 2.10. The number of guanidine groups is 1. The maximum Gasteiger partial charge on any atom is 0.251 e. The summed E-state index contributed by atoms with van der Waals surface area (Å²) in [4.78, 5) is 20.3.